The van der Waals surface area contributed by atoms with Crippen LogP contribution in [0.3, 0.4) is 0 Å². The molecule has 0 fully saturated rings. The Kier molecular flexibility index (Phi) is 6.97. The Morgan fingerprint density at radius 2 is 1.79 bits per heavy atom. The number of esters is 1. The maximum Gasteiger partial charge on any atom is 0.434 e. The Hall–Kier alpha value is -4.33. The van der Waals surface area contributed by atoms with Crippen molar-refractivity contribution in [3.63, 3.8) is 0 Å². The quantitative estimate of drug-likeness (QED) is 0.538. The summed E-state index contributed by atoms with van der Waals surface area (Å²) < 4.78 is 51.4. The van der Waals surface area contributed by atoms with Crippen LogP contribution in [0.15, 0.2) is 54.7 Å². The molecule has 1 heterocycles. The lowest BCUT2D eigenvalue weighted by atomic mass is 10.2. The largest absolute Gasteiger partial charge is 0.484 e. The van der Waals surface area contributed by atoms with Gasteiger partial charge in [0, 0.05) is 5.69 Å². The van der Waals surface area contributed by atoms with Gasteiger partial charge in [0.2, 0.25) is 0 Å². The molecule has 0 aliphatic heterocycles. The molecule has 1 aromatic heterocycles. The zero-order valence-electron chi connectivity index (χ0n) is 17.2. The van der Waals surface area contributed by atoms with E-state index in [0.29, 0.717) is 21.7 Å². The third-order valence-corrected chi connectivity index (χ3v) is 4.28. The van der Waals surface area contributed by atoms with Gasteiger partial charge in [-0.05, 0) is 55.5 Å². The second-order valence-electron chi connectivity index (χ2n) is 6.56. The summed E-state index contributed by atoms with van der Waals surface area (Å²) in [5, 5.41) is 15.0. The molecule has 0 spiro atoms. The zero-order valence-corrected chi connectivity index (χ0v) is 17.2. The molecule has 1 N–H and O–H groups in total. The first-order chi connectivity index (χ1) is 15.7. The summed E-state index contributed by atoms with van der Waals surface area (Å²) in [5.74, 6) is -1.22. The molecule has 8 nitrogen and oxygen atoms in total. The molecule has 1 amide bonds. The van der Waals surface area contributed by atoms with Gasteiger partial charge < -0.3 is 14.8 Å². The molecule has 11 heteroatoms. The molecule has 0 atom stereocenters. The van der Waals surface area contributed by atoms with E-state index in [1.165, 1.54) is 31.2 Å². The van der Waals surface area contributed by atoms with E-state index in [0.717, 1.165) is 6.20 Å². The third kappa shape index (κ3) is 5.68. The predicted octanol–water partition coefficient (Wildman–Crippen LogP) is 3.96. The molecule has 2 aromatic carbocycles. The number of rotatable bonds is 7. The summed E-state index contributed by atoms with van der Waals surface area (Å²) in [4.78, 5) is 24.0. The highest BCUT2D eigenvalue weighted by Crippen LogP contribution is 2.34. The van der Waals surface area contributed by atoms with Crippen molar-refractivity contribution in [2.75, 3.05) is 18.5 Å². The van der Waals surface area contributed by atoms with Crippen LogP contribution in [0.4, 0.5) is 18.9 Å². The van der Waals surface area contributed by atoms with E-state index in [1.54, 1.807) is 24.3 Å². The maximum atomic E-state index is 13.6. The number of nitrogens with zero attached hydrogens (tertiary/aromatic N) is 3. The van der Waals surface area contributed by atoms with Gasteiger partial charge in [-0.3, -0.25) is 4.79 Å². The number of carbonyl (C=O) groups excluding carboxylic acids is 2. The standard InChI is InChI=1S/C22H17F3N4O4/c1-2-32-21(31)18-12-27-29(20(18)22(23,24)25)16-7-5-15(6-8-16)28-19(30)13-33-17-9-3-14(11-26)4-10-17/h3-10,12H,2,13H2,1H3,(H,28,30). The SMILES string of the molecule is CCOC(=O)c1cnn(-c2ccc(NC(=O)COc3ccc(C#N)cc3)cc2)c1C(F)(F)F. The number of hydrogen-bond acceptors (Lipinski definition) is 6. The number of anilines is 1. The van der Waals surface area contributed by atoms with Crippen LogP contribution in [0.5, 0.6) is 5.75 Å². The molecule has 0 unspecified atom stereocenters. The highest BCUT2D eigenvalue weighted by molar-refractivity contribution is 5.92. The van der Waals surface area contributed by atoms with Gasteiger partial charge in [0.25, 0.3) is 5.91 Å². The number of nitriles is 1. The van der Waals surface area contributed by atoms with E-state index in [4.69, 9.17) is 10.00 Å². The van der Waals surface area contributed by atoms with Crippen LogP contribution in [0.2, 0.25) is 0 Å². The van der Waals surface area contributed by atoms with Crippen molar-refractivity contribution < 1.29 is 32.2 Å². The third-order valence-electron chi connectivity index (χ3n) is 4.28. The Morgan fingerprint density at radius 1 is 1.12 bits per heavy atom. The fourth-order valence-corrected chi connectivity index (χ4v) is 2.83. The lowest BCUT2D eigenvalue weighted by Crippen LogP contribution is -2.20. The number of halogens is 3. The number of aromatic nitrogens is 2. The number of amides is 1. The van der Waals surface area contributed by atoms with Gasteiger partial charge >= 0.3 is 12.1 Å². The Labute approximate surface area is 186 Å². The molecule has 0 aliphatic carbocycles. The van der Waals surface area contributed by atoms with Crippen molar-refractivity contribution in [2.45, 2.75) is 13.1 Å². The first-order valence-electron chi connectivity index (χ1n) is 9.58. The number of benzene rings is 2. The van der Waals surface area contributed by atoms with Gasteiger partial charge in [0.15, 0.2) is 12.3 Å². The zero-order chi connectivity index (χ0) is 24.0. The number of ether oxygens (including phenoxy) is 2. The molecule has 0 bridgehead atoms. The molecule has 33 heavy (non-hydrogen) atoms. The summed E-state index contributed by atoms with van der Waals surface area (Å²) in [6.07, 6.45) is -4.05. The minimum Gasteiger partial charge on any atom is -0.484 e. The Morgan fingerprint density at radius 3 is 2.36 bits per heavy atom. The van der Waals surface area contributed by atoms with Crippen molar-refractivity contribution in [3.05, 3.63) is 71.5 Å². The van der Waals surface area contributed by atoms with Crippen molar-refractivity contribution in [3.8, 4) is 17.5 Å². The molecular weight excluding hydrogens is 441 g/mol. The van der Waals surface area contributed by atoms with Crippen molar-refractivity contribution in [1.29, 1.82) is 5.26 Å². The number of alkyl halides is 3. The lowest BCUT2D eigenvalue weighted by molar-refractivity contribution is -0.143. The minimum atomic E-state index is -4.85. The van der Waals surface area contributed by atoms with Gasteiger partial charge in [0.05, 0.1) is 30.1 Å². The van der Waals surface area contributed by atoms with E-state index in [-0.39, 0.29) is 18.9 Å². The number of nitrogens with one attached hydrogen (secondary N) is 1. The van der Waals surface area contributed by atoms with E-state index in [9.17, 15) is 22.8 Å². The monoisotopic (exact) mass is 458 g/mol. The molecule has 3 rings (SSSR count). The van der Waals surface area contributed by atoms with Gasteiger partial charge in [-0.2, -0.15) is 23.5 Å². The topological polar surface area (TPSA) is 106 Å². The highest BCUT2D eigenvalue weighted by Gasteiger charge is 2.41. The lowest BCUT2D eigenvalue weighted by Gasteiger charge is -2.13. The molecular formula is C22H17F3N4O4. The smallest absolute Gasteiger partial charge is 0.434 e. The van der Waals surface area contributed by atoms with Crippen molar-refractivity contribution >= 4 is 17.6 Å². The normalized spacial score (nSPS) is 10.9. The minimum absolute atomic E-state index is 0.0321. The van der Waals surface area contributed by atoms with Gasteiger partial charge in [-0.1, -0.05) is 0 Å². The molecule has 0 saturated carbocycles. The van der Waals surface area contributed by atoms with Crippen molar-refractivity contribution in [2.24, 2.45) is 0 Å². The van der Waals surface area contributed by atoms with Crippen LogP contribution < -0.4 is 10.1 Å². The summed E-state index contributed by atoms with van der Waals surface area (Å²) in [6.45, 7) is 1.09. The van der Waals surface area contributed by atoms with Crippen LogP contribution in [-0.4, -0.2) is 34.9 Å². The van der Waals surface area contributed by atoms with E-state index < -0.39 is 29.3 Å². The first kappa shape index (κ1) is 23.3. The highest BCUT2D eigenvalue weighted by atomic mass is 19.4. The fraction of sp³-hybridized carbons (Fsp3) is 0.182. The van der Waals surface area contributed by atoms with Gasteiger partial charge in [-0.15, -0.1) is 0 Å². The molecule has 0 saturated heterocycles. The van der Waals surface area contributed by atoms with Crippen LogP contribution in [0.25, 0.3) is 5.69 Å². The van der Waals surface area contributed by atoms with Gasteiger partial charge in [0.1, 0.15) is 11.3 Å². The number of carbonyl (C=O) groups is 2. The molecule has 0 radical (unpaired) electrons. The molecule has 0 aliphatic rings. The summed E-state index contributed by atoms with van der Waals surface area (Å²) in [7, 11) is 0. The van der Waals surface area contributed by atoms with Gasteiger partial charge in [-0.25, -0.2) is 9.48 Å². The summed E-state index contributed by atoms with van der Waals surface area (Å²) in [5.41, 5.74) is -1.15. The van der Waals surface area contributed by atoms with Crippen LogP contribution in [0, 0.1) is 11.3 Å². The van der Waals surface area contributed by atoms with Crippen LogP contribution in [-0.2, 0) is 15.7 Å². The first-order valence-corrected chi connectivity index (χ1v) is 9.58. The molecule has 170 valence electrons. The number of hydrogen-bond donors (Lipinski definition) is 1. The molecule has 3 aromatic rings. The predicted molar refractivity (Wildman–Crippen MR) is 110 cm³/mol. The van der Waals surface area contributed by atoms with E-state index in [1.807, 2.05) is 6.07 Å². The van der Waals surface area contributed by atoms with Crippen LogP contribution in [0.1, 0.15) is 28.5 Å². The summed E-state index contributed by atoms with van der Waals surface area (Å²) in [6, 6.07) is 13.6. The van der Waals surface area contributed by atoms with Crippen molar-refractivity contribution in [1.82, 2.24) is 9.78 Å². The Balaban J connectivity index is 1.70. The average molecular weight is 458 g/mol. The van der Waals surface area contributed by atoms with E-state index in [2.05, 4.69) is 15.2 Å². The van der Waals surface area contributed by atoms with E-state index >= 15 is 0 Å². The second kappa shape index (κ2) is 9.86. The average Bonchev–Trinajstić information content (AvgIpc) is 3.25. The fourth-order valence-electron chi connectivity index (χ4n) is 2.83. The summed E-state index contributed by atoms with van der Waals surface area (Å²) >= 11 is 0. The maximum absolute atomic E-state index is 13.6. The Bertz CT molecular complexity index is 1180. The second-order valence-corrected chi connectivity index (χ2v) is 6.56. The van der Waals surface area contributed by atoms with Crippen LogP contribution >= 0.6 is 0 Å².